The second kappa shape index (κ2) is 8.54. The SMILES string of the molecule is CN(CCCOc1cccc(S(C)(=O)=O)c1)C(=O)C(C)(N)c1ccccc1. The Morgan fingerprint density at radius 2 is 1.81 bits per heavy atom. The number of likely N-dealkylation sites (N-methyl/N-ethyl adjacent to an activating group) is 1. The highest BCUT2D eigenvalue weighted by molar-refractivity contribution is 7.90. The van der Waals surface area contributed by atoms with Crippen LogP contribution in [0.2, 0.25) is 0 Å². The van der Waals surface area contributed by atoms with Crippen molar-refractivity contribution in [2.24, 2.45) is 5.73 Å². The number of carbonyl (C=O) groups excluding carboxylic acids is 1. The lowest BCUT2D eigenvalue weighted by Gasteiger charge is -2.29. The molecule has 2 aromatic rings. The smallest absolute Gasteiger partial charge is 0.246 e. The minimum Gasteiger partial charge on any atom is -0.493 e. The van der Waals surface area contributed by atoms with E-state index in [1.54, 1.807) is 31.0 Å². The summed E-state index contributed by atoms with van der Waals surface area (Å²) >= 11 is 0. The summed E-state index contributed by atoms with van der Waals surface area (Å²) in [7, 11) is -1.56. The Balaban J connectivity index is 1.87. The minimum absolute atomic E-state index is 0.173. The van der Waals surface area contributed by atoms with Gasteiger partial charge in [-0.3, -0.25) is 4.79 Å². The van der Waals surface area contributed by atoms with Crippen molar-refractivity contribution >= 4 is 15.7 Å². The monoisotopic (exact) mass is 390 g/mol. The summed E-state index contributed by atoms with van der Waals surface area (Å²) in [6.45, 7) is 2.54. The molecule has 0 aromatic heterocycles. The van der Waals surface area contributed by atoms with Crippen LogP contribution >= 0.6 is 0 Å². The van der Waals surface area contributed by atoms with Gasteiger partial charge in [0.25, 0.3) is 0 Å². The van der Waals surface area contributed by atoms with Crippen LogP contribution in [-0.4, -0.2) is 45.7 Å². The van der Waals surface area contributed by atoms with Gasteiger partial charge in [-0.15, -0.1) is 0 Å². The molecule has 2 aromatic carbocycles. The lowest BCUT2D eigenvalue weighted by Crippen LogP contribution is -2.50. The number of amides is 1. The summed E-state index contributed by atoms with van der Waals surface area (Å²) in [5, 5.41) is 0. The van der Waals surface area contributed by atoms with Crippen LogP contribution in [0.4, 0.5) is 0 Å². The molecule has 2 rings (SSSR count). The molecule has 1 atom stereocenters. The van der Waals surface area contributed by atoms with Gasteiger partial charge in [0.05, 0.1) is 11.5 Å². The normalized spacial score (nSPS) is 13.6. The Labute approximate surface area is 160 Å². The summed E-state index contributed by atoms with van der Waals surface area (Å²) in [5.41, 5.74) is 5.92. The van der Waals surface area contributed by atoms with Crippen LogP contribution in [-0.2, 0) is 20.2 Å². The van der Waals surface area contributed by atoms with E-state index in [1.165, 1.54) is 12.1 Å². The molecule has 6 nitrogen and oxygen atoms in total. The van der Waals surface area contributed by atoms with Gasteiger partial charge in [-0.2, -0.15) is 0 Å². The first kappa shape index (κ1) is 20.9. The lowest BCUT2D eigenvalue weighted by atomic mass is 9.92. The Kier molecular flexibility index (Phi) is 6.62. The van der Waals surface area contributed by atoms with Crippen LogP contribution in [0.3, 0.4) is 0 Å². The van der Waals surface area contributed by atoms with E-state index in [0.29, 0.717) is 25.3 Å². The third-order valence-electron chi connectivity index (χ3n) is 4.30. The van der Waals surface area contributed by atoms with Gasteiger partial charge in [-0.1, -0.05) is 36.4 Å². The van der Waals surface area contributed by atoms with Crippen molar-refractivity contribution in [1.29, 1.82) is 0 Å². The van der Waals surface area contributed by atoms with Crippen molar-refractivity contribution in [1.82, 2.24) is 4.90 Å². The third kappa shape index (κ3) is 5.55. The summed E-state index contributed by atoms with van der Waals surface area (Å²) in [4.78, 5) is 14.5. The van der Waals surface area contributed by atoms with Gasteiger partial charge in [-0.05, 0) is 37.1 Å². The molecule has 0 radical (unpaired) electrons. The van der Waals surface area contributed by atoms with E-state index >= 15 is 0 Å². The van der Waals surface area contributed by atoms with Gasteiger partial charge in [-0.25, -0.2) is 8.42 Å². The zero-order valence-corrected chi connectivity index (χ0v) is 16.7. The standard InChI is InChI=1S/C20H26N2O4S/c1-20(21,16-9-5-4-6-10-16)19(23)22(2)13-8-14-26-17-11-7-12-18(15-17)27(3,24)25/h4-7,9-12,15H,8,13-14,21H2,1-3H3. The fourth-order valence-electron chi connectivity index (χ4n) is 2.69. The predicted octanol–water partition coefficient (Wildman–Crippen LogP) is 2.19. The highest BCUT2D eigenvalue weighted by Gasteiger charge is 2.32. The van der Waals surface area contributed by atoms with E-state index in [-0.39, 0.29) is 10.8 Å². The van der Waals surface area contributed by atoms with Crippen LogP contribution in [0.5, 0.6) is 5.75 Å². The molecule has 0 aliphatic heterocycles. The van der Waals surface area contributed by atoms with Gasteiger partial charge >= 0.3 is 0 Å². The average molecular weight is 391 g/mol. The summed E-state index contributed by atoms with van der Waals surface area (Å²) < 4.78 is 28.8. The molecule has 146 valence electrons. The Morgan fingerprint density at radius 1 is 1.15 bits per heavy atom. The molecule has 2 N–H and O–H groups in total. The van der Waals surface area contributed by atoms with Crippen molar-refractivity contribution < 1.29 is 17.9 Å². The number of rotatable bonds is 8. The lowest BCUT2D eigenvalue weighted by molar-refractivity contribution is -0.135. The van der Waals surface area contributed by atoms with Gasteiger partial charge in [0, 0.05) is 19.8 Å². The molecule has 0 aliphatic carbocycles. The third-order valence-corrected chi connectivity index (χ3v) is 5.41. The maximum Gasteiger partial charge on any atom is 0.246 e. The van der Waals surface area contributed by atoms with E-state index in [0.717, 1.165) is 11.8 Å². The molecule has 0 bridgehead atoms. The van der Waals surface area contributed by atoms with E-state index < -0.39 is 15.4 Å². The summed E-state index contributed by atoms with van der Waals surface area (Å²) in [6, 6.07) is 15.6. The zero-order chi connectivity index (χ0) is 20.1. The Hall–Kier alpha value is -2.38. The topological polar surface area (TPSA) is 89.7 Å². The molecule has 7 heteroatoms. The second-order valence-electron chi connectivity index (χ2n) is 6.74. The second-order valence-corrected chi connectivity index (χ2v) is 8.76. The van der Waals surface area contributed by atoms with E-state index in [9.17, 15) is 13.2 Å². The molecular formula is C20H26N2O4S. The number of carbonyl (C=O) groups is 1. The van der Waals surface area contributed by atoms with Crippen molar-refractivity contribution in [3.05, 3.63) is 60.2 Å². The molecule has 0 spiro atoms. The van der Waals surface area contributed by atoms with Crippen LogP contribution in [0, 0.1) is 0 Å². The highest BCUT2D eigenvalue weighted by atomic mass is 32.2. The number of sulfone groups is 1. The number of nitrogens with two attached hydrogens (primary N) is 1. The first-order chi connectivity index (χ1) is 12.6. The number of benzene rings is 2. The fourth-order valence-corrected chi connectivity index (χ4v) is 3.35. The predicted molar refractivity (Wildman–Crippen MR) is 105 cm³/mol. The molecule has 1 amide bonds. The van der Waals surface area contributed by atoms with Crippen LogP contribution in [0.25, 0.3) is 0 Å². The highest BCUT2D eigenvalue weighted by Crippen LogP contribution is 2.20. The summed E-state index contributed by atoms with van der Waals surface area (Å²) in [5.74, 6) is 0.313. The van der Waals surface area contributed by atoms with E-state index in [4.69, 9.17) is 10.5 Å². The zero-order valence-electron chi connectivity index (χ0n) is 15.9. The maximum atomic E-state index is 12.7. The van der Waals surface area contributed by atoms with Gasteiger partial charge < -0.3 is 15.4 Å². The Bertz CT molecular complexity index is 880. The van der Waals surface area contributed by atoms with Crippen molar-refractivity contribution in [2.45, 2.75) is 23.8 Å². The maximum absolute atomic E-state index is 12.7. The molecule has 0 saturated carbocycles. The quantitative estimate of drug-likeness (QED) is 0.698. The number of hydrogen-bond donors (Lipinski definition) is 1. The van der Waals surface area contributed by atoms with Crippen molar-refractivity contribution in [3.8, 4) is 5.75 Å². The van der Waals surface area contributed by atoms with Crippen molar-refractivity contribution in [3.63, 3.8) is 0 Å². The molecule has 0 aliphatic rings. The molecule has 1 unspecified atom stereocenters. The number of nitrogens with zero attached hydrogens (tertiary/aromatic N) is 1. The van der Waals surface area contributed by atoms with E-state index in [1.807, 2.05) is 30.3 Å². The van der Waals surface area contributed by atoms with Gasteiger partial charge in [0.15, 0.2) is 9.84 Å². The molecular weight excluding hydrogens is 364 g/mol. The summed E-state index contributed by atoms with van der Waals surface area (Å²) in [6.07, 6.45) is 1.75. The van der Waals surface area contributed by atoms with E-state index in [2.05, 4.69) is 0 Å². The van der Waals surface area contributed by atoms with Crippen LogP contribution in [0.1, 0.15) is 18.9 Å². The fraction of sp³-hybridized carbons (Fsp3) is 0.350. The van der Waals surface area contributed by atoms with Crippen LogP contribution < -0.4 is 10.5 Å². The average Bonchev–Trinajstić information content (AvgIpc) is 2.64. The van der Waals surface area contributed by atoms with Crippen molar-refractivity contribution in [2.75, 3.05) is 26.5 Å². The number of ether oxygens (including phenoxy) is 1. The van der Waals surface area contributed by atoms with Gasteiger partial charge in [0.1, 0.15) is 11.3 Å². The molecule has 0 heterocycles. The molecule has 0 fully saturated rings. The Morgan fingerprint density at radius 3 is 2.44 bits per heavy atom. The number of hydrogen-bond acceptors (Lipinski definition) is 5. The minimum atomic E-state index is -3.27. The first-order valence-corrected chi connectivity index (χ1v) is 10.5. The molecule has 27 heavy (non-hydrogen) atoms. The first-order valence-electron chi connectivity index (χ1n) is 8.65. The molecule has 0 saturated heterocycles. The van der Waals surface area contributed by atoms with Gasteiger partial charge in [0.2, 0.25) is 5.91 Å². The van der Waals surface area contributed by atoms with Crippen LogP contribution in [0.15, 0.2) is 59.5 Å². The largest absolute Gasteiger partial charge is 0.493 e.